The molecule has 1 unspecified atom stereocenters. The van der Waals surface area contributed by atoms with Gasteiger partial charge < -0.3 is 24.8 Å². The molecule has 2 aromatic carbocycles. The van der Waals surface area contributed by atoms with Crippen molar-refractivity contribution in [3.8, 4) is 5.75 Å². The number of nitro groups is 1. The zero-order chi connectivity index (χ0) is 27.9. The lowest BCUT2D eigenvalue weighted by Crippen LogP contribution is -2.38. The fourth-order valence-corrected chi connectivity index (χ4v) is 3.94. The van der Waals surface area contributed by atoms with Crippen molar-refractivity contribution in [1.82, 2.24) is 4.90 Å². The Morgan fingerprint density at radius 2 is 1.76 bits per heavy atom. The smallest absolute Gasteiger partial charge is 0.333 e. The van der Waals surface area contributed by atoms with Crippen molar-refractivity contribution in [3.05, 3.63) is 63.7 Å². The number of carboxylic acids is 1. The number of carbonyl (C=O) groups is 2. The number of carboxylic acid groups (broad SMARTS) is 1. The minimum Gasteiger partial charge on any atom is -0.492 e. The van der Waals surface area contributed by atoms with Crippen molar-refractivity contribution in [2.24, 2.45) is 0 Å². The van der Waals surface area contributed by atoms with Crippen molar-refractivity contribution in [1.29, 1.82) is 0 Å². The highest BCUT2D eigenvalue weighted by atomic mass is 16.6. The molecule has 2 aromatic rings. The van der Waals surface area contributed by atoms with E-state index in [0.717, 1.165) is 37.7 Å². The number of urea groups is 1. The summed E-state index contributed by atoms with van der Waals surface area (Å²) in [5, 5.41) is 23.3. The number of nitrogens with one attached hydrogen (secondary N) is 1. The summed E-state index contributed by atoms with van der Waals surface area (Å²) in [6.07, 6.45) is 4.60. The number of nitrogens with zero attached hydrogens (tertiary/aromatic N) is 2. The first-order chi connectivity index (χ1) is 18.2. The van der Waals surface area contributed by atoms with Crippen LogP contribution in [0.25, 0.3) is 0 Å². The van der Waals surface area contributed by atoms with Gasteiger partial charge in [-0.2, -0.15) is 0 Å². The fourth-order valence-electron chi connectivity index (χ4n) is 3.94. The van der Waals surface area contributed by atoms with Crippen LogP contribution in [0.4, 0.5) is 16.2 Å². The lowest BCUT2D eigenvalue weighted by Gasteiger charge is -2.23. The summed E-state index contributed by atoms with van der Waals surface area (Å²) in [6, 6.07) is 11.4. The maximum atomic E-state index is 13.0. The van der Waals surface area contributed by atoms with Crippen LogP contribution in [-0.2, 0) is 16.0 Å². The molecule has 0 radical (unpaired) electrons. The molecule has 0 saturated heterocycles. The van der Waals surface area contributed by atoms with Gasteiger partial charge in [-0.15, -0.1) is 0 Å². The van der Waals surface area contributed by atoms with Gasteiger partial charge in [0.15, 0.2) is 6.10 Å². The number of carbonyl (C=O) groups excluding carboxylic acids is 1. The van der Waals surface area contributed by atoms with E-state index < -0.39 is 17.0 Å². The van der Waals surface area contributed by atoms with Crippen molar-refractivity contribution in [2.45, 2.75) is 65.4 Å². The predicted molar refractivity (Wildman–Crippen MR) is 146 cm³/mol. The van der Waals surface area contributed by atoms with E-state index in [2.05, 4.69) is 12.2 Å². The van der Waals surface area contributed by atoms with E-state index in [1.807, 2.05) is 0 Å². The molecule has 10 heteroatoms. The Morgan fingerprint density at radius 1 is 1.05 bits per heavy atom. The molecule has 2 rings (SSSR count). The number of ether oxygens (including phenoxy) is 2. The minimum atomic E-state index is -1.000. The van der Waals surface area contributed by atoms with Gasteiger partial charge in [0.05, 0.1) is 11.5 Å². The molecule has 0 bridgehead atoms. The number of hydrogen-bond donors (Lipinski definition) is 2. The third-order valence-corrected chi connectivity index (χ3v) is 6.09. The molecule has 0 aliphatic rings. The van der Waals surface area contributed by atoms with Gasteiger partial charge >= 0.3 is 12.0 Å². The molecule has 2 N–H and O–H groups in total. The molecule has 0 aliphatic heterocycles. The van der Waals surface area contributed by atoms with Crippen molar-refractivity contribution >= 4 is 23.4 Å². The monoisotopic (exact) mass is 529 g/mol. The lowest BCUT2D eigenvalue weighted by molar-refractivity contribution is -0.385. The number of anilines is 1. The zero-order valence-corrected chi connectivity index (χ0v) is 22.5. The second-order valence-electron chi connectivity index (χ2n) is 9.07. The first-order valence-corrected chi connectivity index (χ1v) is 13.1. The molecule has 0 aliphatic carbocycles. The largest absolute Gasteiger partial charge is 0.492 e. The summed E-state index contributed by atoms with van der Waals surface area (Å²) in [5.74, 6) is -0.394. The van der Waals surface area contributed by atoms with Crippen LogP contribution in [0.1, 0.15) is 57.1 Å². The summed E-state index contributed by atoms with van der Waals surface area (Å²) < 4.78 is 11.1. The number of benzene rings is 2. The average molecular weight is 530 g/mol. The summed E-state index contributed by atoms with van der Waals surface area (Å²) in [5.41, 5.74) is 1.66. The van der Waals surface area contributed by atoms with Crippen LogP contribution in [0.15, 0.2) is 42.5 Å². The number of nitro benzene ring substituents is 1. The molecule has 0 heterocycles. The van der Waals surface area contributed by atoms with Crippen LogP contribution in [0.2, 0.25) is 0 Å². The molecule has 0 fully saturated rings. The predicted octanol–water partition coefficient (Wildman–Crippen LogP) is 5.82. The Bertz CT molecular complexity index is 1040. The molecule has 208 valence electrons. The third-order valence-electron chi connectivity index (χ3n) is 6.09. The van der Waals surface area contributed by atoms with Crippen LogP contribution in [0, 0.1) is 17.0 Å². The fraction of sp³-hybridized carbons (Fsp3) is 0.500. The molecular weight excluding hydrogens is 490 g/mol. The van der Waals surface area contributed by atoms with Gasteiger partial charge in [-0.1, -0.05) is 50.8 Å². The summed E-state index contributed by atoms with van der Waals surface area (Å²) in [4.78, 5) is 36.8. The van der Waals surface area contributed by atoms with Gasteiger partial charge in [0.2, 0.25) is 0 Å². The van der Waals surface area contributed by atoms with Crippen molar-refractivity contribution in [2.75, 3.05) is 31.6 Å². The lowest BCUT2D eigenvalue weighted by atomic mass is 10.1. The van der Waals surface area contributed by atoms with Gasteiger partial charge in [0.25, 0.3) is 5.69 Å². The van der Waals surface area contributed by atoms with Gasteiger partial charge in [-0.25, -0.2) is 9.59 Å². The first-order valence-electron chi connectivity index (χ1n) is 13.1. The Kier molecular flexibility index (Phi) is 13.1. The van der Waals surface area contributed by atoms with E-state index >= 15 is 0 Å². The minimum absolute atomic E-state index is 0.0448. The molecule has 0 aromatic heterocycles. The van der Waals surface area contributed by atoms with Crippen LogP contribution in [0.5, 0.6) is 5.75 Å². The van der Waals surface area contributed by atoms with Gasteiger partial charge in [0, 0.05) is 36.9 Å². The quantitative estimate of drug-likeness (QED) is 0.150. The second-order valence-corrected chi connectivity index (χ2v) is 9.07. The van der Waals surface area contributed by atoms with E-state index in [4.69, 9.17) is 9.47 Å². The van der Waals surface area contributed by atoms with Crippen LogP contribution in [0.3, 0.4) is 0 Å². The Morgan fingerprint density at radius 3 is 2.39 bits per heavy atom. The van der Waals surface area contributed by atoms with Gasteiger partial charge in [-0.05, 0) is 44.0 Å². The number of unbranched alkanes of at least 4 members (excludes halogenated alkanes) is 4. The first kappa shape index (κ1) is 30.6. The van der Waals surface area contributed by atoms with Gasteiger partial charge in [-0.3, -0.25) is 10.1 Å². The second kappa shape index (κ2) is 16.2. The average Bonchev–Trinajstić information content (AvgIpc) is 2.89. The van der Waals surface area contributed by atoms with Crippen molar-refractivity contribution in [3.63, 3.8) is 0 Å². The standard InChI is InChI=1S/C28H39N3O7/c1-4-6-7-8-9-16-30(28(34)29-23-13-10-21(3)25(20-23)31(35)36)17-18-38-24-14-11-22(12-15-24)19-26(27(32)33)37-5-2/h10-15,20,26H,4-9,16-19H2,1-3H3,(H,29,34)(H,32,33). The highest BCUT2D eigenvalue weighted by Crippen LogP contribution is 2.22. The highest BCUT2D eigenvalue weighted by Gasteiger charge is 2.19. The topological polar surface area (TPSA) is 131 Å². The molecule has 0 saturated carbocycles. The molecule has 38 heavy (non-hydrogen) atoms. The number of aliphatic carboxylic acids is 1. The van der Waals surface area contributed by atoms with Gasteiger partial charge in [0.1, 0.15) is 12.4 Å². The molecule has 2 amide bonds. The zero-order valence-electron chi connectivity index (χ0n) is 22.5. The Balaban J connectivity index is 1.97. The van der Waals surface area contributed by atoms with E-state index in [9.17, 15) is 24.8 Å². The SMILES string of the molecule is CCCCCCCN(CCOc1ccc(CC(OCC)C(=O)O)cc1)C(=O)Nc1ccc(C)c([N+](=O)[O-])c1. The van der Waals surface area contributed by atoms with Crippen LogP contribution >= 0.6 is 0 Å². The Hall–Kier alpha value is -3.66. The Labute approximate surface area is 224 Å². The summed E-state index contributed by atoms with van der Waals surface area (Å²) in [6.45, 7) is 7.01. The maximum Gasteiger partial charge on any atom is 0.333 e. The molecule has 0 spiro atoms. The van der Waals surface area contributed by atoms with E-state index in [-0.39, 0.29) is 24.7 Å². The number of hydrogen-bond acceptors (Lipinski definition) is 6. The molecule has 1 atom stereocenters. The van der Waals surface area contributed by atoms with E-state index in [0.29, 0.717) is 36.7 Å². The van der Waals surface area contributed by atoms with Crippen LogP contribution in [-0.4, -0.2) is 59.3 Å². The summed E-state index contributed by atoms with van der Waals surface area (Å²) >= 11 is 0. The van der Waals surface area contributed by atoms with Crippen LogP contribution < -0.4 is 10.1 Å². The normalized spacial score (nSPS) is 11.6. The van der Waals surface area contributed by atoms with E-state index in [1.165, 1.54) is 6.07 Å². The summed E-state index contributed by atoms with van der Waals surface area (Å²) in [7, 11) is 0. The number of aryl methyl sites for hydroxylation is 1. The third kappa shape index (κ3) is 10.4. The molecule has 10 nitrogen and oxygen atoms in total. The van der Waals surface area contributed by atoms with Crippen molar-refractivity contribution < 1.29 is 29.1 Å². The highest BCUT2D eigenvalue weighted by molar-refractivity contribution is 5.89. The van der Waals surface area contributed by atoms with E-state index in [1.54, 1.807) is 55.1 Å². The number of rotatable bonds is 17. The molecular formula is C28H39N3O7. The number of amides is 2. The maximum absolute atomic E-state index is 13.0.